The predicted octanol–water partition coefficient (Wildman–Crippen LogP) is 2.01. The molecule has 1 unspecified atom stereocenters. The molecule has 0 spiro atoms. The summed E-state index contributed by atoms with van der Waals surface area (Å²) in [6.07, 6.45) is 1.24. The molecule has 0 aromatic heterocycles. The number of piperazine rings is 1. The van der Waals surface area contributed by atoms with Crippen LogP contribution in [0.4, 0.5) is 0 Å². The molecule has 2 aliphatic rings. The van der Waals surface area contributed by atoms with Gasteiger partial charge in [0.15, 0.2) is 0 Å². The van der Waals surface area contributed by atoms with Gasteiger partial charge in [0, 0.05) is 32.8 Å². The highest BCUT2D eigenvalue weighted by Gasteiger charge is 2.34. The number of halogens is 2. The number of rotatable bonds is 3. The van der Waals surface area contributed by atoms with Crippen LogP contribution >= 0.6 is 23.2 Å². The van der Waals surface area contributed by atoms with Crippen LogP contribution in [-0.2, 0) is 19.6 Å². The molecule has 2 heterocycles. The minimum absolute atomic E-state index is 0.00410. The molecule has 1 aromatic carbocycles. The van der Waals surface area contributed by atoms with Crippen molar-refractivity contribution in [3.8, 4) is 0 Å². The number of carbonyl (C=O) groups excluding carboxylic acids is 1. The highest BCUT2D eigenvalue weighted by molar-refractivity contribution is 7.89. The third-order valence-corrected chi connectivity index (χ3v) is 7.16. The lowest BCUT2D eigenvalue weighted by atomic mass is 10.2. The summed E-state index contributed by atoms with van der Waals surface area (Å²) in [6.45, 7) is 1.75. The van der Waals surface area contributed by atoms with Crippen molar-refractivity contribution in [1.29, 1.82) is 0 Å². The van der Waals surface area contributed by atoms with E-state index < -0.39 is 10.0 Å². The largest absolute Gasteiger partial charge is 0.368 e. The lowest BCUT2D eigenvalue weighted by molar-refractivity contribution is -0.142. The van der Waals surface area contributed by atoms with E-state index >= 15 is 0 Å². The molecule has 6 nitrogen and oxygen atoms in total. The number of nitrogens with zero attached hydrogens (tertiary/aromatic N) is 2. The monoisotopic (exact) mass is 392 g/mol. The normalized spacial score (nSPS) is 22.8. The smallest absolute Gasteiger partial charge is 0.251 e. The quantitative estimate of drug-likeness (QED) is 0.788. The van der Waals surface area contributed by atoms with Crippen molar-refractivity contribution in [3.05, 3.63) is 28.2 Å². The number of ether oxygens (including phenoxy) is 1. The Labute approximate surface area is 151 Å². The first-order chi connectivity index (χ1) is 11.4. The Balaban J connectivity index is 1.69. The number of sulfonamides is 1. The summed E-state index contributed by atoms with van der Waals surface area (Å²) >= 11 is 12.0. The minimum Gasteiger partial charge on any atom is -0.368 e. The molecule has 2 saturated heterocycles. The van der Waals surface area contributed by atoms with Gasteiger partial charge >= 0.3 is 0 Å². The summed E-state index contributed by atoms with van der Waals surface area (Å²) < 4.78 is 32.2. The third-order valence-electron chi connectivity index (χ3n) is 4.29. The Morgan fingerprint density at radius 3 is 2.50 bits per heavy atom. The van der Waals surface area contributed by atoms with E-state index in [1.807, 2.05) is 0 Å². The Bertz CT molecular complexity index is 727. The van der Waals surface area contributed by atoms with E-state index in [0.29, 0.717) is 19.7 Å². The molecule has 1 atom stereocenters. The van der Waals surface area contributed by atoms with Gasteiger partial charge in [0.25, 0.3) is 5.91 Å². The van der Waals surface area contributed by atoms with Crippen LogP contribution in [0.15, 0.2) is 23.1 Å². The van der Waals surface area contributed by atoms with Crippen LogP contribution in [0.2, 0.25) is 10.0 Å². The maximum atomic E-state index is 12.7. The zero-order chi connectivity index (χ0) is 17.3. The van der Waals surface area contributed by atoms with Gasteiger partial charge in [0.1, 0.15) is 11.0 Å². The van der Waals surface area contributed by atoms with Crippen molar-refractivity contribution in [1.82, 2.24) is 9.21 Å². The van der Waals surface area contributed by atoms with Crippen LogP contribution in [0.1, 0.15) is 12.8 Å². The lowest BCUT2D eigenvalue weighted by Gasteiger charge is -2.35. The molecule has 2 fully saturated rings. The van der Waals surface area contributed by atoms with E-state index in [1.165, 1.54) is 10.4 Å². The van der Waals surface area contributed by atoms with E-state index in [2.05, 4.69) is 0 Å². The van der Waals surface area contributed by atoms with Crippen LogP contribution in [0.3, 0.4) is 0 Å². The lowest BCUT2D eigenvalue weighted by Crippen LogP contribution is -2.52. The summed E-state index contributed by atoms with van der Waals surface area (Å²) in [7, 11) is -3.74. The van der Waals surface area contributed by atoms with Gasteiger partial charge in [0.05, 0.1) is 10.0 Å². The molecule has 3 rings (SSSR count). The van der Waals surface area contributed by atoms with Gasteiger partial charge < -0.3 is 9.64 Å². The SMILES string of the molecule is O=C(C1CCCO1)N1CCN(S(=O)(=O)c2cccc(Cl)c2Cl)CC1. The second kappa shape index (κ2) is 7.17. The Kier molecular flexibility index (Phi) is 5.36. The summed E-state index contributed by atoms with van der Waals surface area (Å²) in [4.78, 5) is 14.0. The first-order valence-corrected chi connectivity index (χ1v) is 9.95. The summed E-state index contributed by atoms with van der Waals surface area (Å²) in [5, 5.41) is 0.224. The third kappa shape index (κ3) is 3.41. The predicted molar refractivity (Wildman–Crippen MR) is 90.8 cm³/mol. The number of carbonyl (C=O) groups is 1. The molecule has 132 valence electrons. The van der Waals surface area contributed by atoms with Crippen molar-refractivity contribution in [2.24, 2.45) is 0 Å². The van der Waals surface area contributed by atoms with E-state index in [0.717, 1.165) is 12.8 Å². The molecule has 0 bridgehead atoms. The fourth-order valence-corrected chi connectivity index (χ4v) is 5.11. The van der Waals surface area contributed by atoms with E-state index in [-0.39, 0.29) is 40.0 Å². The van der Waals surface area contributed by atoms with Crippen molar-refractivity contribution < 1.29 is 17.9 Å². The molecular formula is C15H18Cl2N2O4S. The Hall–Kier alpha value is -0.860. The average Bonchev–Trinajstić information content (AvgIpc) is 3.11. The fraction of sp³-hybridized carbons (Fsp3) is 0.533. The van der Waals surface area contributed by atoms with E-state index in [1.54, 1.807) is 17.0 Å². The first-order valence-electron chi connectivity index (χ1n) is 7.76. The van der Waals surface area contributed by atoms with Crippen molar-refractivity contribution >= 4 is 39.1 Å². The maximum Gasteiger partial charge on any atom is 0.251 e. The summed E-state index contributed by atoms with van der Waals surface area (Å²) in [5.74, 6) is -0.0506. The molecule has 1 aromatic rings. The van der Waals surface area contributed by atoms with Crippen LogP contribution < -0.4 is 0 Å². The molecule has 0 radical (unpaired) electrons. The Morgan fingerprint density at radius 1 is 1.17 bits per heavy atom. The molecule has 1 amide bonds. The maximum absolute atomic E-state index is 12.7. The summed E-state index contributed by atoms with van der Waals surface area (Å²) in [6, 6.07) is 4.53. The van der Waals surface area contributed by atoms with Crippen molar-refractivity contribution in [3.63, 3.8) is 0 Å². The molecule has 24 heavy (non-hydrogen) atoms. The van der Waals surface area contributed by atoms with Gasteiger partial charge in [-0.25, -0.2) is 8.42 Å². The second-order valence-corrected chi connectivity index (χ2v) is 8.47. The van der Waals surface area contributed by atoms with Gasteiger partial charge in [-0.3, -0.25) is 4.79 Å². The zero-order valence-electron chi connectivity index (χ0n) is 13.0. The Morgan fingerprint density at radius 2 is 1.88 bits per heavy atom. The number of hydrogen-bond acceptors (Lipinski definition) is 4. The van der Waals surface area contributed by atoms with E-state index in [4.69, 9.17) is 27.9 Å². The topological polar surface area (TPSA) is 66.9 Å². The highest BCUT2D eigenvalue weighted by atomic mass is 35.5. The van der Waals surface area contributed by atoms with Gasteiger partial charge in [-0.05, 0) is 25.0 Å². The van der Waals surface area contributed by atoms with Crippen LogP contribution in [-0.4, -0.2) is 62.4 Å². The van der Waals surface area contributed by atoms with E-state index in [9.17, 15) is 13.2 Å². The van der Waals surface area contributed by atoms with Crippen LogP contribution in [0.25, 0.3) is 0 Å². The fourth-order valence-electron chi connectivity index (χ4n) is 2.95. The molecule has 9 heteroatoms. The zero-order valence-corrected chi connectivity index (χ0v) is 15.3. The highest BCUT2D eigenvalue weighted by Crippen LogP contribution is 2.31. The number of amides is 1. The first kappa shape index (κ1) is 17.9. The molecule has 0 saturated carbocycles. The van der Waals surface area contributed by atoms with Gasteiger partial charge in [-0.2, -0.15) is 4.31 Å². The van der Waals surface area contributed by atoms with Crippen LogP contribution in [0, 0.1) is 0 Å². The molecule has 0 N–H and O–H groups in total. The number of hydrogen-bond donors (Lipinski definition) is 0. The van der Waals surface area contributed by atoms with Gasteiger partial charge in [-0.1, -0.05) is 29.3 Å². The molecule has 0 aliphatic carbocycles. The van der Waals surface area contributed by atoms with Crippen molar-refractivity contribution in [2.45, 2.75) is 23.8 Å². The molecular weight excluding hydrogens is 375 g/mol. The second-order valence-electron chi connectivity index (χ2n) is 5.78. The minimum atomic E-state index is -3.74. The molecule has 2 aliphatic heterocycles. The average molecular weight is 393 g/mol. The standard InChI is InChI=1S/C15H18Cl2N2O4S/c16-11-3-1-5-13(14(11)17)24(21,22)19-8-6-18(7-9-19)15(20)12-4-2-10-23-12/h1,3,5,12H,2,4,6-10H2. The van der Waals surface area contributed by atoms with Gasteiger partial charge in [0.2, 0.25) is 10.0 Å². The van der Waals surface area contributed by atoms with Crippen molar-refractivity contribution in [2.75, 3.05) is 32.8 Å². The number of benzene rings is 1. The summed E-state index contributed by atoms with van der Waals surface area (Å²) in [5.41, 5.74) is 0. The van der Waals surface area contributed by atoms with Crippen LogP contribution in [0.5, 0.6) is 0 Å². The van der Waals surface area contributed by atoms with Gasteiger partial charge in [-0.15, -0.1) is 0 Å².